The Morgan fingerprint density at radius 1 is 1.50 bits per heavy atom. The van der Waals surface area contributed by atoms with E-state index in [1.807, 2.05) is 6.07 Å². The number of alkyl halides is 1. The van der Waals surface area contributed by atoms with Crippen LogP contribution in [0.2, 0.25) is 0 Å². The Morgan fingerprint density at radius 3 is 3.06 bits per heavy atom. The molecule has 2 N–H and O–H groups in total. The minimum absolute atomic E-state index is 0.310. The molecule has 1 unspecified atom stereocenters. The van der Waals surface area contributed by atoms with Crippen LogP contribution in [0.15, 0.2) is 22.5 Å². The number of rotatable bonds is 4. The molecular formula is C10H11FN2OS2. The second kappa shape index (κ2) is 4.88. The van der Waals surface area contributed by atoms with E-state index in [2.05, 4.69) is 4.98 Å². The first-order valence-electron chi connectivity index (χ1n) is 4.81. The fourth-order valence-electron chi connectivity index (χ4n) is 1.29. The van der Waals surface area contributed by atoms with E-state index in [0.29, 0.717) is 22.2 Å². The largest absolute Gasteiger partial charge is 0.399 e. The molecule has 1 aromatic heterocycles. The fourth-order valence-corrected chi connectivity index (χ4v) is 3.67. The average Bonchev–Trinajstić information content (AvgIpc) is 2.68. The first-order chi connectivity index (χ1) is 7.70. The molecule has 0 aliphatic carbocycles. The van der Waals surface area contributed by atoms with E-state index in [0.717, 1.165) is 10.2 Å². The van der Waals surface area contributed by atoms with Gasteiger partial charge in [0, 0.05) is 11.4 Å². The van der Waals surface area contributed by atoms with Gasteiger partial charge in [-0.1, -0.05) is 0 Å². The minimum atomic E-state index is -1.20. The highest BCUT2D eigenvalue weighted by atomic mass is 32.2. The number of anilines is 1. The highest BCUT2D eigenvalue weighted by Crippen LogP contribution is 2.26. The van der Waals surface area contributed by atoms with Crippen LogP contribution >= 0.6 is 11.3 Å². The van der Waals surface area contributed by atoms with Gasteiger partial charge in [0.05, 0.1) is 27.7 Å². The van der Waals surface area contributed by atoms with Gasteiger partial charge in [0.25, 0.3) is 0 Å². The first kappa shape index (κ1) is 11.5. The minimum Gasteiger partial charge on any atom is -0.399 e. The van der Waals surface area contributed by atoms with Gasteiger partial charge in [0.2, 0.25) is 0 Å². The summed E-state index contributed by atoms with van der Waals surface area (Å²) in [7, 11) is -1.20. The van der Waals surface area contributed by atoms with Gasteiger partial charge in [-0.3, -0.25) is 8.60 Å². The normalized spacial score (nSPS) is 13.1. The van der Waals surface area contributed by atoms with Crippen molar-refractivity contribution < 1.29 is 8.60 Å². The number of thiazole rings is 1. The fraction of sp³-hybridized carbons (Fsp3) is 0.300. The maximum absolute atomic E-state index is 12.0. The van der Waals surface area contributed by atoms with Gasteiger partial charge < -0.3 is 5.73 Å². The van der Waals surface area contributed by atoms with Crippen LogP contribution in [0.1, 0.15) is 6.42 Å². The second-order valence-electron chi connectivity index (χ2n) is 3.30. The van der Waals surface area contributed by atoms with E-state index in [9.17, 15) is 8.60 Å². The SMILES string of the molecule is Nc1ccc2nc(S(=O)CCCF)sc2c1. The molecule has 0 aliphatic rings. The number of nitrogen functional groups attached to an aromatic ring is 1. The molecule has 0 saturated carbocycles. The molecule has 0 aliphatic heterocycles. The van der Waals surface area contributed by atoms with Gasteiger partial charge in [0.15, 0.2) is 4.34 Å². The summed E-state index contributed by atoms with van der Waals surface area (Å²) in [5.74, 6) is 0.325. The van der Waals surface area contributed by atoms with E-state index in [1.54, 1.807) is 12.1 Å². The monoisotopic (exact) mass is 258 g/mol. The number of hydrogen-bond donors (Lipinski definition) is 1. The summed E-state index contributed by atoms with van der Waals surface area (Å²) < 4.78 is 25.1. The molecule has 2 aromatic rings. The summed E-state index contributed by atoms with van der Waals surface area (Å²) in [6.45, 7) is -0.441. The lowest BCUT2D eigenvalue weighted by molar-refractivity contribution is 0.488. The number of nitrogens with zero attached hydrogens (tertiary/aromatic N) is 1. The van der Waals surface area contributed by atoms with Crippen LogP contribution in [0.5, 0.6) is 0 Å². The molecule has 86 valence electrons. The van der Waals surface area contributed by atoms with Crippen molar-refractivity contribution in [1.29, 1.82) is 0 Å². The zero-order valence-corrected chi connectivity index (χ0v) is 10.1. The predicted octanol–water partition coefficient (Wildman–Crippen LogP) is 2.35. The average molecular weight is 258 g/mol. The topological polar surface area (TPSA) is 56.0 Å². The second-order valence-corrected chi connectivity index (χ2v) is 6.07. The molecule has 0 fully saturated rings. The summed E-state index contributed by atoms with van der Waals surface area (Å²) in [5.41, 5.74) is 7.10. The Balaban J connectivity index is 2.28. The van der Waals surface area contributed by atoms with Crippen molar-refractivity contribution in [2.24, 2.45) is 0 Å². The van der Waals surface area contributed by atoms with Gasteiger partial charge in [0.1, 0.15) is 0 Å². The maximum atomic E-state index is 12.0. The van der Waals surface area contributed by atoms with Crippen molar-refractivity contribution in [3.63, 3.8) is 0 Å². The van der Waals surface area contributed by atoms with Crippen molar-refractivity contribution in [3.05, 3.63) is 18.2 Å². The molecule has 1 atom stereocenters. The van der Waals surface area contributed by atoms with Crippen LogP contribution in [0, 0.1) is 0 Å². The molecule has 1 aromatic carbocycles. The summed E-state index contributed by atoms with van der Waals surface area (Å²) in [6.07, 6.45) is 0.310. The van der Waals surface area contributed by atoms with Crippen LogP contribution in [0.4, 0.5) is 10.1 Å². The van der Waals surface area contributed by atoms with E-state index >= 15 is 0 Å². The molecule has 0 bridgehead atoms. The van der Waals surface area contributed by atoms with Crippen molar-refractivity contribution >= 4 is 38.0 Å². The lowest BCUT2D eigenvalue weighted by Gasteiger charge is -1.93. The van der Waals surface area contributed by atoms with Crippen LogP contribution in [-0.4, -0.2) is 21.6 Å². The Hall–Kier alpha value is -1.01. The van der Waals surface area contributed by atoms with E-state index in [4.69, 9.17) is 5.73 Å². The van der Waals surface area contributed by atoms with Crippen molar-refractivity contribution in [3.8, 4) is 0 Å². The number of halogens is 1. The Bertz CT molecular complexity index is 527. The van der Waals surface area contributed by atoms with Crippen molar-refractivity contribution in [1.82, 2.24) is 4.98 Å². The summed E-state index contributed by atoms with van der Waals surface area (Å²) in [4.78, 5) is 4.25. The van der Waals surface area contributed by atoms with Gasteiger partial charge >= 0.3 is 0 Å². The Labute approximate surface area is 98.9 Å². The van der Waals surface area contributed by atoms with Gasteiger partial charge in [-0.2, -0.15) is 0 Å². The third-order valence-corrected chi connectivity index (χ3v) is 4.81. The first-order valence-corrected chi connectivity index (χ1v) is 6.94. The lowest BCUT2D eigenvalue weighted by Crippen LogP contribution is -1.98. The molecule has 0 radical (unpaired) electrons. The molecule has 0 saturated heterocycles. The molecular weight excluding hydrogens is 247 g/mol. The number of aromatic nitrogens is 1. The van der Waals surface area contributed by atoms with E-state index in [-0.39, 0.29) is 0 Å². The third kappa shape index (κ3) is 2.38. The molecule has 3 nitrogen and oxygen atoms in total. The molecule has 6 heteroatoms. The molecule has 2 rings (SSSR count). The summed E-state index contributed by atoms with van der Waals surface area (Å²) >= 11 is 1.36. The number of nitrogens with two attached hydrogens (primary N) is 1. The van der Waals surface area contributed by atoms with Crippen molar-refractivity contribution in [2.45, 2.75) is 10.8 Å². The van der Waals surface area contributed by atoms with Crippen LogP contribution in [-0.2, 0) is 10.8 Å². The molecule has 1 heterocycles. The predicted molar refractivity (Wildman–Crippen MR) is 65.9 cm³/mol. The van der Waals surface area contributed by atoms with Gasteiger partial charge in [-0.25, -0.2) is 4.98 Å². The number of hydrogen-bond acceptors (Lipinski definition) is 4. The van der Waals surface area contributed by atoms with Gasteiger partial charge in [-0.15, -0.1) is 11.3 Å². The quantitative estimate of drug-likeness (QED) is 0.856. The standard InChI is InChI=1S/C10H11FN2OS2/c11-4-1-5-16(14)10-13-8-3-2-7(12)6-9(8)15-10/h2-3,6H,1,4-5,12H2. The van der Waals surface area contributed by atoms with Crippen LogP contribution in [0.25, 0.3) is 10.2 Å². The molecule has 0 spiro atoms. The Kier molecular flexibility index (Phi) is 3.50. The number of fused-ring (bicyclic) bond motifs is 1. The summed E-state index contributed by atoms with van der Waals surface area (Å²) in [6, 6.07) is 5.37. The van der Waals surface area contributed by atoms with E-state index in [1.165, 1.54) is 11.3 Å². The molecule has 0 amide bonds. The molecule has 16 heavy (non-hydrogen) atoms. The highest BCUT2D eigenvalue weighted by Gasteiger charge is 2.10. The third-order valence-electron chi connectivity index (χ3n) is 2.05. The number of benzene rings is 1. The highest BCUT2D eigenvalue weighted by molar-refractivity contribution is 7.87. The van der Waals surface area contributed by atoms with Crippen LogP contribution < -0.4 is 5.73 Å². The zero-order chi connectivity index (χ0) is 11.5. The maximum Gasteiger partial charge on any atom is 0.181 e. The zero-order valence-electron chi connectivity index (χ0n) is 8.48. The summed E-state index contributed by atoms with van der Waals surface area (Å²) in [5, 5.41) is 0. The van der Waals surface area contributed by atoms with Gasteiger partial charge in [-0.05, 0) is 24.6 Å². The van der Waals surface area contributed by atoms with Crippen LogP contribution in [0.3, 0.4) is 0 Å². The Morgan fingerprint density at radius 2 is 2.31 bits per heavy atom. The lowest BCUT2D eigenvalue weighted by atomic mass is 10.3. The van der Waals surface area contributed by atoms with Crippen molar-refractivity contribution in [2.75, 3.05) is 18.2 Å². The van der Waals surface area contributed by atoms with E-state index < -0.39 is 17.5 Å². The smallest absolute Gasteiger partial charge is 0.181 e.